The maximum absolute atomic E-state index is 12.3. The van der Waals surface area contributed by atoms with Crippen molar-refractivity contribution in [3.05, 3.63) is 62.1 Å². The zero-order chi connectivity index (χ0) is 14.0. The van der Waals surface area contributed by atoms with E-state index in [9.17, 15) is 4.79 Å². The van der Waals surface area contributed by atoms with Crippen LogP contribution in [0.15, 0.2) is 36.4 Å². The zero-order valence-corrected chi connectivity index (χ0v) is 14.2. The molecule has 0 N–H and O–H groups in total. The van der Waals surface area contributed by atoms with Gasteiger partial charge in [0, 0.05) is 11.1 Å². The molecule has 1 nitrogen and oxygen atoms in total. The molecule has 0 aliphatic rings. The van der Waals surface area contributed by atoms with Crippen molar-refractivity contribution >= 4 is 65.8 Å². The summed E-state index contributed by atoms with van der Waals surface area (Å²) in [5, 5.41) is 1.52. The molecule has 0 spiro atoms. The number of rotatable bonds is 3. The van der Waals surface area contributed by atoms with Crippen LogP contribution in [-0.2, 0) is 0 Å². The van der Waals surface area contributed by atoms with E-state index in [0.29, 0.717) is 8.58 Å². The molecule has 0 unspecified atom stereocenters. The Hall–Kier alpha value is 0.297. The van der Waals surface area contributed by atoms with Crippen LogP contribution in [0.5, 0.6) is 0 Å². The summed E-state index contributed by atoms with van der Waals surface area (Å²) in [7, 11) is 0.467. The van der Waals surface area contributed by atoms with Gasteiger partial charge in [0.05, 0.1) is 20.1 Å². The molecule has 2 rings (SSSR count). The Morgan fingerprint density at radius 3 is 1.90 bits per heavy atom. The van der Waals surface area contributed by atoms with Crippen molar-refractivity contribution in [1.29, 1.82) is 0 Å². The fourth-order valence-corrected chi connectivity index (χ4v) is 3.44. The van der Waals surface area contributed by atoms with Gasteiger partial charge in [-0.2, -0.15) is 5.30 Å². The third-order valence-corrected chi connectivity index (χ3v) is 4.87. The van der Waals surface area contributed by atoms with Gasteiger partial charge in [-0.15, -0.1) is 0 Å². The molecular formula is C13H6Cl4LiOP. The third-order valence-electron chi connectivity index (χ3n) is 2.31. The molecule has 0 aliphatic carbocycles. The molecule has 0 atom stereocenters. The van der Waals surface area contributed by atoms with Crippen LogP contribution < -0.4 is 24.2 Å². The Balaban J connectivity index is 0.00000200. The molecular weight excluding hydrogens is 352 g/mol. The van der Waals surface area contributed by atoms with Gasteiger partial charge in [0.1, 0.15) is 0 Å². The van der Waals surface area contributed by atoms with E-state index in [1.807, 2.05) is 30.3 Å². The Morgan fingerprint density at radius 1 is 0.900 bits per heavy atom. The molecule has 2 aromatic rings. The molecule has 0 heterocycles. The van der Waals surface area contributed by atoms with Gasteiger partial charge in [0.25, 0.3) is 0 Å². The van der Waals surface area contributed by atoms with Crippen LogP contribution in [0, 0.1) is 0 Å². The summed E-state index contributed by atoms with van der Waals surface area (Å²) in [5.74, 6) is 0. The first kappa shape index (κ1) is 18.3. The van der Waals surface area contributed by atoms with Gasteiger partial charge < -0.3 is 13.4 Å². The fourth-order valence-electron chi connectivity index (χ4n) is 1.44. The number of hydrogen-bond acceptors (Lipinski definition) is 1. The molecule has 0 aliphatic heterocycles. The maximum atomic E-state index is 12.3. The van der Waals surface area contributed by atoms with E-state index in [4.69, 9.17) is 46.4 Å². The minimum Gasteiger partial charge on any atom is -0.426 e. The van der Waals surface area contributed by atoms with Gasteiger partial charge in [0.15, 0.2) is 0 Å². The van der Waals surface area contributed by atoms with E-state index in [-0.39, 0.29) is 50.0 Å². The monoisotopic (exact) mass is 356 g/mol. The van der Waals surface area contributed by atoms with Crippen LogP contribution in [0.25, 0.3) is 0 Å². The number of hydrogen-bond donors (Lipinski definition) is 0. The number of carbonyl (C=O) groups is 1. The van der Waals surface area contributed by atoms with E-state index in [2.05, 4.69) is 0 Å². The average Bonchev–Trinajstić information content (AvgIpc) is 2.38. The van der Waals surface area contributed by atoms with Crippen LogP contribution in [-0.4, -0.2) is 5.52 Å². The second kappa shape index (κ2) is 8.07. The summed E-state index contributed by atoms with van der Waals surface area (Å²) in [6, 6.07) is 10.7. The predicted octanol–water partition coefficient (Wildman–Crippen LogP) is 2.72. The maximum Gasteiger partial charge on any atom is 1.00 e. The molecule has 7 heteroatoms. The van der Waals surface area contributed by atoms with Crippen molar-refractivity contribution in [1.82, 2.24) is 0 Å². The quantitative estimate of drug-likeness (QED) is 0.469. The zero-order valence-electron chi connectivity index (χ0n) is 10.3. The minimum absolute atomic E-state index is 0. The van der Waals surface area contributed by atoms with Gasteiger partial charge in [-0.05, 0) is 6.07 Å². The summed E-state index contributed by atoms with van der Waals surface area (Å²) in [6.45, 7) is 0. The van der Waals surface area contributed by atoms with E-state index < -0.39 is 0 Å². The van der Waals surface area contributed by atoms with Crippen molar-refractivity contribution in [3.8, 4) is 0 Å². The van der Waals surface area contributed by atoms with Crippen LogP contribution in [0.4, 0.5) is 0 Å². The van der Waals surface area contributed by atoms with Crippen molar-refractivity contribution in [3.63, 3.8) is 0 Å². The standard InChI is InChI=1S/C13H6Cl4OP.Li/c14-8-6-9(15)12(17)10(11(8)16)13(18)19-7-4-2-1-3-5-7;/h1-6H;/q-1;+1. The van der Waals surface area contributed by atoms with Crippen LogP contribution in [0.1, 0.15) is 10.4 Å². The van der Waals surface area contributed by atoms with Gasteiger partial charge in [-0.3, -0.25) is 0 Å². The molecule has 0 bridgehead atoms. The summed E-state index contributed by atoms with van der Waals surface area (Å²) in [5.41, 5.74) is -0.0862. The van der Waals surface area contributed by atoms with Gasteiger partial charge in [-0.25, -0.2) is 0 Å². The first-order valence-electron chi connectivity index (χ1n) is 5.15. The van der Waals surface area contributed by atoms with Crippen molar-refractivity contribution in [2.24, 2.45) is 0 Å². The van der Waals surface area contributed by atoms with Gasteiger partial charge >= 0.3 is 18.9 Å². The van der Waals surface area contributed by atoms with E-state index in [1.165, 1.54) is 6.07 Å². The molecule has 0 saturated heterocycles. The second-order valence-electron chi connectivity index (χ2n) is 3.60. The molecule has 0 aromatic heterocycles. The molecule has 0 amide bonds. The Morgan fingerprint density at radius 2 is 1.40 bits per heavy atom. The Labute approximate surface area is 150 Å². The summed E-state index contributed by atoms with van der Waals surface area (Å²) < 4.78 is 0. The number of halogens is 4. The normalized spacial score (nSPS) is 10.6. The van der Waals surface area contributed by atoms with E-state index in [1.54, 1.807) is 0 Å². The first-order valence-corrected chi connectivity index (χ1v) is 7.55. The Kier molecular flexibility index (Phi) is 7.40. The first-order chi connectivity index (χ1) is 9.00. The summed E-state index contributed by atoms with van der Waals surface area (Å²) in [4.78, 5) is 12.3. The third kappa shape index (κ3) is 4.16. The average molecular weight is 358 g/mol. The van der Waals surface area contributed by atoms with Crippen molar-refractivity contribution < 1.29 is 23.7 Å². The van der Waals surface area contributed by atoms with Crippen LogP contribution in [0.3, 0.4) is 0 Å². The second-order valence-corrected chi connectivity index (χ2v) is 6.31. The topological polar surface area (TPSA) is 17.1 Å². The predicted molar refractivity (Wildman–Crippen MR) is 83.8 cm³/mol. The van der Waals surface area contributed by atoms with Crippen LogP contribution in [0.2, 0.25) is 20.1 Å². The largest absolute Gasteiger partial charge is 1.00 e. The summed E-state index contributed by atoms with van der Waals surface area (Å²) in [6.07, 6.45) is 0. The molecule has 2 aromatic carbocycles. The molecule has 0 radical (unpaired) electrons. The number of benzene rings is 2. The summed E-state index contributed by atoms with van der Waals surface area (Å²) >= 11 is 23.9. The van der Waals surface area contributed by atoms with E-state index >= 15 is 0 Å². The molecule has 0 fully saturated rings. The fraction of sp³-hybridized carbons (Fsp3) is 0. The van der Waals surface area contributed by atoms with E-state index in [0.717, 1.165) is 5.30 Å². The number of carbonyl (C=O) groups excluding carboxylic acids is 1. The molecule has 20 heavy (non-hydrogen) atoms. The van der Waals surface area contributed by atoms with Crippen LogP contribution >= 0.6 is 55.0 Å². The smallest absolute Gasteiger partial charge is 0.426 e. The van der Waals surface area contributed by atoms with Gasteiger partial charge in [0.2, 0.25) is 0 Å². The van der Waals surface area contributed by atoms with Crippen molar-refractivity contribution in [2.75, 3.05) is 0 Å². The Bertz CT molecular complexity index is 608. The van der Waals surface area contributed by atoms with Gasteiger partial charge in [-0.1, -0.05) is 76.7 Å². The SMILES string of the molecule is O=C([P-]c1ccccc1)c1c(Cl)c(Cl)cc(Cl)c1Cl.[Li+]. The minimum atomic E-state index is -0.245. The molecule has 0 saturated carbocycles. The molecule has 98 valence electrons. The van der Waals surface area contributed by atoms with Crippen molar-refractivity contribution in [2.45, 2.75) is 0 Å².